The Morgan fingerprint density at radius 2 is 2.10 bits per heavy atom. The smallest absolute Gasteiger partial charge is 0.234 e. The molecule has 0 saturated carbocycles. The van der Waals surface area contributed by atoms with E-state index in [1.807, 2.05) is 24.3 Å². The summed E-state index contributed by atoms with van der Waals surface area (Å²) >= 11 is 0. The summed E-state index contributed by atoms with van der Waals surface area (Å²) in [6, 6.07) is 8.51. The molecule has 1 atom stereocenters. The summed E-state index contributed by atoms with van der Waals surface area (Å²) in [5, 5.41) is 3.02. The number of hydrogen-bond acceptors (Lipinski definition) is 3. The van der Waals surface area contributed by atoms with Crippen molar-refractivity contribution >= 4 is 5.91 Å². The lowest BCUT2D eigenvalue weighted by atomic mass is 10.0. The van der Waals surface area contributed by atoms with Crippen molar-refractivity contribution in [3.63, 3.8) is 0 Å². The number of hydrogen-bond donors (Lipinski definition) is 1. The Kier molecular flexibility index (Phi) is 6.05. The molecule has 1 aromatic carbocycles. The Morgan fingerprint density at radius 3 is 2.76 bits per heavy atom. The van der Waals surface area contributed by atoms with Crippen molar-refractivity contribution in [3.05, 3.63) is 29.8 Å². The maximum Gasteiger partial charge on any atom is 0.234 e. The molecule has 0 aromatic heterocycles. The summed E-state index contributed by atoms with van der Waals surface area (Å²) in [6.45, 7) is 4.48. The maximum absolute atomic E-state index is 12.0. The number of benzene rings is 1. The van der Waals surface area contributed by atoms with Crippen LogP contribution in [0.15, 0.2) is 24.3 Å². The summed E-state index contributed by atoms with van der Waals surface area (Å²) in [4.78, 5) is 14.3. The van der Waals surface area contributed by atoms with Crippen LogP contribution < -0.4 is 10.1 Å². The van der Waals surface area contributed by atoms with E-state index in [0.29, 0.717) is 19.1 Å². The van der Waals surface area contributed by atoms with Gasteiger partial charge in [-0.2, -0.15) is 0 Å². The molecule has 0 bridgehead atoms. The van der Waals surface area contributed by atoms with Crippen molar-refractivity contribution in [1.29, 1.82) is 0 Å². The van der Waals surface area contributed by atoms with Gasteiger partial charge < -0.3 is 10.1 Å². The quantitative estimate of drug-likeness (QED) is 0.873. The molecule has 1 amide bonds. The Bertz CT molecular complexity index is 445. The van der Waals surface area contributed by atoms with E-state index in [1.165, 1.54) is 24.8 Å². The molecule has 0 radical (unpaired) electrons. The van der Waals surface area contributed by atoms with Crippen molar-refractivity contribution in [3.8, 4) is 5.75 Å². The van der Waals surface area contributed by atoms with Crippen molar-refractivity contribution in [2.45, 2.75) is 38.6 Å². The zero-order valence-electron chi connectivity index (χ0n) is 13.1. The fraction of sp³-hybridized carbons (Fsp3) is 0.588. The van der Waals surface area contributed by atoms with Crippen LogP contribution in [0.25, 0.3) is 0 Å². The van der Waals surface area contributed by atoms with Crippen LogP contribution in [0, 0.1) is 0 Å². The first-order valence-electron chi connectivity index (χ1n) is 7.82. The van der Waals surface area contributed by atoms with Crippen LogP contribution in [0.3, 0.4) is 0 Å². The average molecular weight is 290 g/mol. The number of amides is 1. The first kappa shape index (κ1) is 15.8. The van der Waals surface area contributed by atoms with Gasteiger partial charge in [0.1, 0.15) is 5.75 Å². The standard InChI is InChI=1S/C17H26N2O2/c1-14-5-3-4-12-19(14)13-17(20)18-11-10-15-6-8-16(21-2)9-7-15/h6-9,14H,3-5,10-13H2,1-2H3,(H,18,20). The summed E-state index contributed by atoms with van der Waals surface area (Å²) in [5.41, 5.74) is 1.21. The number of carbonyl (C=O) groups excluding carboxylic acids is 1. The van der Waals surface area contributed by atoms with Crippen molar-refractivity contribution in [1.82, 2.24) is 10.2 Å². The van der Waals surface area contributed by atoms with Gasteiger partial charge >= 0.3 is 0 Å². The van der Waals surface area contributed by atoms with Gasteiger partial charge in [-0.05, 0) is 50.4 Å². The first-order chi connectivity index (χ1) is 10.2. The Hall–Kier alpha value is -1.55. The van der Waals surface area contributed by atoms with Gasteiger partial charge in [0, 0.05) is 12.6 Å². The Morgan fingerprint density at radius 1 is 1.33 bits per heavy atom. The van der Waals surface area contributed by atoms with E-state index < -0.39 is 0 Å². The second kappa shape index (κ2) is 8.03. The topological polar surface area (TPSA) is 41.6 Å². The minimum absolute atomic E-state index is 0.136. The van der Waals surface area contributed by atoms with Gasteiger partial charge in [-0.1, -0.05) is 18.6 Å². The van der Waals surface area contributed by atoms with Crippen LogP contribution in [-0.4, -0.2) is 43.6 Å². The summed E-state index contributed by atoms with van der Waals surface area (Å²) in [6.07, 6.45) is 4.56. The van der Waals surface area contributed by atoms with Crippen molar-refractivity contribution < 1.29 is 9.53 Å². The van der Waals surface area contributed by atoms with E-state index in [-0.39, 0.29) is 5.91 Å². The molecule has 4 nitrogen and oxygen atoms in total. The fourth-order valence-electron chi connectivity index (χ4n) is 2.77. The molecule has 21 heavy (non-hydrogen) atoms. The first-order valence-corrected chi connectivity index (χ1v) is 7.82. The van der Waals surface area contributed by atoms with E-state index in [4.69, 9.17) is 4.74 Å². The van der Waals surface area contributed by atoms with E-state index in [0.717, 1.165) is 18.7 Å². The van der Waals surface area contributed by atoms with E-state index >= 15 is 0 Å². The molecule has 0 spiro atoms. The summed E-state index contributed by atoms with van der Waals surface area (Å²) in [5.74, 6) is 0.999. The minimum Gasteiger partial charge on any atom is -0.497 e. The molecule has 1 N–H and O–H groups in total. The Labute approximate surface area is 127 Å². The second-order valence-corrected chi connectivity index (χ2v) is 5.76. The van der Waals surface area contributed by atoms with Crippen molar-refractivity contribution in [2.24, 2.45) is 0 Å². The monoisotopic (exact) mass is 290 g/mol. The molecule has 4 heteroatoms. The third kappa shape index (κ3) is 5.05. The van der Waals surface area contributed by atoms with E-state index in [1.54, 1.807) is 7.11 Å². The van der Waals surface area contributed by atoms with Crippen LogP contribution in [0.4, 0.5) is 0 Å². The normalized spacial score (nSPS) is 19.2. The minimum atomic E-state index is 0.136. The molecule has 1 unspecified atom stereocenters. The SMILES string of the molecule is COc1ccc(CCNC(=O)CN2CCCCC2C)cc1. The lowest BCUT2D eigenvalue weighted by Crippen LogP contribution is -2.44. The predicted octanol–water partition coefficient (Wildman–Crippen LogP) is 2.23. The number of ether oxygens (including phenoxy) is 1. The van der Waals surface area contributed by atoms with Crippen LogP contribution in [0.5, 0.6) is 5.75 Å². The zero-order chi connectivity index (χ0) is 15.1. The predicted molar refractivity (Wildman–Crippen MR) is 84.6 cm³/mol. The van der Waals surface area contributed by atoms with Gasteiger partial charge in [-0.15, -0.1) is 0 Å². The molecule has 1 saturated heterocycles. The molecule has 1 aliphatic heterocycles. The van der Waals surface area contributed by atoms with Crippen LogP contribution >= 0.6 is 0 Å². The van der Waals surface area contributed by atoms with E-state index in [2.05, 4.69) is 17.1 Å². The van der Waals surface area contributed by atoms with Crippen LogP contribution in [0.2, 0.25) is 0 Å². The van der Waals surface area contributed by atoms with Gasteiger partial charge in [-0.3, -0.25) is 9.69 Å². The third-order valence-electron chi connectivity index (χ3n) is 4.18. The lowest BCUT2D eigenvalue weighted by molar-refractivity contribution is -0.123. The number of nitrogens with one attached hydrogen (secondary N) is 1. The molecular weight excluding hydrogens is 264 g/mol. The van der Waals surface area contributed by atoms with Crippen LogP contribution in [0.1, 0.15) is 31.7 Å². The molecule has 1 fully saturated rings. The molecule has 1 aliphatic rings. The zero-order valence-corrected chi connectivity index (χ0v) is 13.1. The number of nitrogens with zero attached hydrogens (tertiary/aromatic N) is 1. The van der Waals surface area contributed by atoms with Gasteiger partial charge in [0.15, 0.2) is 0 Å². The highest BCUT2D eigenvalue weighted by Gasteiger charge is 2.20. The molecular formula is C17H26N2O2. The lowest BCUT2D eigenvalue weighted by Gasteiger charge is -2.32. The highest BCUT2D eigenvalue weighted by atomic mass is 16.5. The van der Waals surface area contributed by atoms with Gasteiger partial charge in [0.2, 0.25) is 5.91 Å². The molecule has 2 rings (SSSR count). The average Bonchev–Trinajstić information content (AvgIpc) is 2.50. The highest BCUT2D eigenvalue weighted by Crippen LogP contribution is 2.15. The summed E-state index contributed by atoms with van der Waals surface area (Å²) in [7, 11) is 1.66. The van der Waals surface area contributed by atoms with Crippen LogP contribution in [-0.2, 0) is 11.2 Å². The maximum atomic E-state index is 12.0. The van der Waals surface area contributed by atoms with Gasteiger partial charge in [0.25, 0.3) is 0 Å². The summed E-state index contributed by atoms with van der Waals surface area (Å²) < 4.78 is 5.13. The number of piperidine rings is 1. The number of likely N-dealkylation sites (tertiary alicyclic amines) is 1. The highest BCUT2D eigenvalue weighted by molar-refractivity contribution is 5.78. The Balaban J connectivity index is 1.68. The number of methoxy groups -OCH3 is 1. The van der Waals surface area contributed by atoms with Gasteiger partial charge in [-0.25, -0.2) is 0 Å². The van der Waals surface area contributed by atoms with E-state index in [9.17, 15) is 4.79 Å². The second-order valence-electron chi connectivity index (χ2n) is 5.76. The molecule has 1 heterocycles. The molecule has 116 valence electrons. The van der Waals surface area contributed by atoms with Gasteiger partial charge in [0.05, 0.1) is 13.7 Å². The largest absolute Gasteiger partial charge is 0.497 e. The molecule has 0 aliphatic carbocycles. The van der Waals surface area contributed by atoms with Crippen molar-refractivity contribution in [2.75, 3.05) is 26.7 Å². The third-order valence-corrected chi connectivity index (χ3v) is 4.18. The fourth-order valence-corrected chi connectivity index (χ4v) is 2.77. The number of rotatable bonds is 6. The number of carbonyl (C=O) groups is 1. The molecule has 1 aromatic rings.